The van der Waals surface area contributed by atoms with Crippen LogP contribution in [-0.4, -0.2) is 39.4 Å². The van der Waals surface area contributed by atoms with Crippen LogP contribution >= 0.6 is 0 Å². The summed E-state index contributed by atoms with van der Waals surface area (Å²) in [5.74, 6) is 0.817. The van der Waals surface area contributed by atoms with Gasteiger partial charge in [0, 0.05) is 11.1 Å². The van der Waals surface area contributed by atoms with E-state index < -0.39 is 0 Å². The average molecular weight is 428 g/mol. The fraction of sp³-hybridized carbons (Fsp3) is 0.417. The topological polar surface area (TPSA) is 80.3 Å². The molecule has 0 spiro atoms. The molecule has 166 valence electrons. The molecule has 0 aliphatic carbocycles. The zero-order valence-electron chi connectivity index (χ0n) is 18.4. The Kier molecular flexibility index (Phi) is 7.39. The summed E-state index contributed by atoms with van der Waals surface area (Å²) >= 11 is 0. The van der Waals surface area contributed by atoms with E-state index in [1.807, 2.05) is 32.0 Å². The minimum Gasteiger partial charge on any atom is -0.493 e. The summed E-state index contributed by atoms with van der Waals surface area (Å²) in [5.41, 5.74) is 3.01. The molecule has 0 radical (unpaired) electrons. The number of benzene rings is 2. The number of carbonyl (C=O) groups is 2. The highest BCUT2D eigenvalue weighted by molar-refractivity contribution is 5.94. The Morgan fingerprint density at radius 1 is 1.00 bits per heavy atom. The molecule has 0 atom stereocenters. The molecule has 31 heavy (non-hydrogen) atoms. The van der Waals surface area contributed by atoms with Crippen molar-refractivity contribution in [1.29, 1.82) is 0 Å². The van der Waals surface area contributed by atoms with Crippen molar-refractivity contribution in [2.45, 2.75) is 33.3 Å². The van der Waals surface area contributed by atoms with Gasteiger partial charge in [-0.25, -0.2) is 4.79 Å². The van der Waals surface area contributed by atoms with Gasteiger partial charge in [-0.05, 0) is 42.7 Å². The number of hydrogen-bond donors (Lipinski definition) is 0. The molecule has 1 aliphatic heterocycles. The van der Waals surface area contributed by atoms with E-state index in [4.69, 9.17) is 23.7 Å². The van der Waals surface area contributed by atoms with Crippen LogP contribution in [0, 0.1) is 5.92 Å². The van der Waals surface area contributed by atoms with E-state index >= 15 is 0 Å². The lowest BCUT2D eigenvalue weighted by molar-refractivity contribution is -0.149. The predicted octanol–water partition coefficient (Wildman–Crippen LogP) is 4.40. The van der Waals surface area contributed by atoms with Crippen molar-refractivity contribution in [3.8, 4) is 28.4 Å². The third-order valence-electron chi connectivity index (χ3n) is 5.39. The van der Waals surface area contributed by atoms with Crippen molar-refractivity contribution < 1.29 is 33.3 Å². The van der Waals surface area contributed by atoms with Crippen LogP contribution in [0.1, 0.15) is 42.6 Å². The first-order valence-corrected chi connectivity index (χ1v) is 10.4. The zero-order valence-corrected chi connectivity index (χ0v) is 18.4. The summed E-state index contributed by atoms with van der Waals surface area (Å²) in [6.45, 7) is 4.47. The SMILES string of the molecule is CCC(CC)C(=O)OCCOc1c(-c2ccc3c(c2)COC3=O)ccc(OC)c1OC. The Morgan fingerprint density at radius 3 is 2.42 bits per heavy atom. The first-order chi connectivity index (χ1) is 15.0. The second-order valence-corrected chi connectivity index (χ2v) is 7.16. The molecule has 0 aromatic heterocycles. The maximum atomic E-state index is 12.1. The van der Waals surface area contributed by atoms with Crippen molar-refractivity contribution in [2.75, 3.05) is 27.4 Å². The van der Waals surface area contributed by atoms with E-state index in [2.05, 4.69) is 0 Å². The molecule has 1 heterocycles. The molecule has 0 N–H and O–H groups in total. The number of hydrogen-bond acceptors (Lipinski definition) is 7. The Labute approximate surface area is 182 Å². The Bertz CT molecular complexity index is 947. The predicted molar refractivity (Wildman–Crippen MR) is 115 cm³/mol. The maximum absolute atomic E-state index is 12.1. The molecule has 0 amide bonds. The number of esters is 2. The van der Waals surface area contributed by atoms with Crippen molar-refractivity contribution >= 4 is 11.9 Å². The number of methoxy groups -OCH3 is 2. The van der Waals surface area contributed by atoms with E-state index in [1.165, 1.54) is 7.11 Å². The second-order valence-electron chi connectivity index (χ2n) is 7.16. The molecule has 7 nitrogen and oxygen atoms in total. The third kappa shape index (κ3) is 4.76. The van der Waals surface area contributed by atoms with Gasteiger partial charge in [-0.2, -0.15) is 0 Å². The van der Waals surface area contributed by atoms with Gasteiger partial charge in [0.15, 0.2) is 11.5 Å². The van der Waals surface area contributed by atoms with Gasteiger partial charge in [0.25, 0.3) is 0 Å². The molecule has 1 aliphatic rings. The number of fused-ring (bicyclic) bond motifs is 1. The Balaban J connectivity index is 1.84. The van der Waals surface area contributed by atoms with Gasteiger partial charge in [0.1, 0.15) is 19.8 Å². The van der Waals surface area contributed by atoms with Crippen molar-refractivity contribution in [3.05, 3.63) is 41.5 Å². The quantitative estimate of drug-likeness (QED) is 0.410. The first-order valence-electron chi connectivity index (χ1n) is 10.4. The van der Waals surface area contributed by atoms with E-state index in [9.17, 15) is 9.59 Å². The molecule has 0 fully saturated rings. The summed E-state index contributed by atoms with van der Waals surface area (Å²) in [6.07, 6.45) is 1.49. The Hall–Kier alpha value is -3.22. The molecule has 2 aromatic carbocycles. The van der Waals surface area contributed by atoms with Crippen LogP contribution in [0.4, 0.5) is 0 Å². The number of rotatable bonds is 10. The lowest BCUT2D eigenvalue weighted by Crippen LogP contribution is -2.19. The highest BCUT2D eigenvalue weighted by atomic mass is 16.6. The minimum atomic E-state index is -0.315. The van der Waals surface area contributed by atoms with E-state index in [0.29, 0.717) is 22.8 Å². The van der Waals surface area contributed by atoms with Gasteiger partial charge in [0.05, 0.1) is 25.7 Å². The molecule has 0 bridgehead atoms. The van der Waals surface area contributed by atoms with Crippen LogP contribution in [0.2, 0.25) is 0 Å². The third-order valence-corrected chi connectivity index (χ3v) is 5.39. The lowest BCUT2D eigenvalue weighted by atomic mass is 9.99. The maximum Gasteiger partial charge on any atom is 0.338 e. The average Bonchev–Trinajstić information content (AvgIpc) is 3.16. The van der Waals surface area contributed by atoms with E-state index in [-0.39, 0.29) is 37.7 Å². The molecular formula is C24H28O7. The normalized spacial score (nSPS) is 12.4. The molecule has 2 aromatic rings. The fourth-order valence-electron chi connectivity index (χ4n) is 3.60. The van der Waals surface area contributed by atoms with E-state index in [1.54, 1.807) is 19.2 Å². The van der Waals surface area contributed by atoms with Gasteiger partial charge in [-0.15, -0.1) is 0 Å². The van der Waals surface area contributed by atoms with E-state index in [0.717, 1.165) is 29.5 Å². The molecule has 0 saturated heterocycles. The van der Waals surface area contributed by atoms with Crippen molar-refractivity contribution in [3.63, 3.8) is 0 Å². The lowest BCUT2D eigenvalue weighted by Gasteiger charge is -2.18. The van der Waals surface area contributed by atoms with Gasteiger partial charge >= 0.3 is 11.9 Å². The molecular weight excluding hydrogens is 400 g/mol. The first kappa shape index (κ1) is 22.5. The highest BCUT2D eigenvalue weighted by Crippen LogP contribution is 2.45. The summed E-state index contributed by atoms with van der Waals surface area (Å²) in [4.78, 5) is 23.9. The van der Waals surface area contributed by atoms with Gasteiger partial charge < -0.3 is 23.7 Å². The van der Waals surface area contributed by atoms with Gasteiger partial charge in [-0.1, -0.05) is 19.9 Å². The summed E-state index contributed by atoms with van der Waals surface area (Å²) < 4.78 is 27.4. The second kappa shape index (κ2) is 10.2. The molecule has 0 unspecified atom stereocenters. The van der Waals surface area contributed by atoms with Crippen LogP contribution in [-0.2, 0) is 20.9 Å². The van der Waals surface area contributed by atoms with Crippen LogP contribution in [0.3, 0.4) is 0 Å². The van der Waals surface area contributed by atoms with Crippen LogP contribution < -0.4 is 14.2 Å². The molecule has 0 saturated carbocycles. The smallest absolute Gasteiger partial charge is 0.338 e. The van der Waals surface area contributed by atoms with Crippen LogP contribution in [0.5, 0.6) is 17.2 Å². The number of cyclic esters (lactones) is 1. The highest BCUT2D eigenvalue weighted by Gasteiger charge is 2.24. The number of carbonyl (C=O) groups excluding carboxylic acids is 2. The summed E-state index contributed by atoms with van der Waals surface area (Å²) in [7, 11) is 3.09. The Morgan fingerprint density at radius 2 is 1.74 bits per heavy atom. The largest absolute Gasteiger partial charge is 0.493 e. The van der Waals surface area contributed by atoms with Crippen molar-refractivity contribution in [1.82, 2.24) is 0 Å². The zero-order chi connectivity index (χ0) is 22.4. The molecule has 7 heteroatoms. The monoisotopic (exact) mass is 428 g/mol. The standard InChI is InChI=1S/C24H28O7/c1-5-15(6-2)23(25)30-12-11-29-21-18(9-10-20(27-3)22(21)28-4)16-7-8-19-17(13-16)14-31-24(19)26/h7-10,13,15H,5-6,11-12,14H2,1-4H3. The molecule has 3 rings (SSSR count). The van der Waals surface area contributed by atoms with Gasteiger partial charge in [-0.3, -0.25) is 4.79 Å². The fourth-order valence-corrected chi connectivity index (χ4v) is 3.60. The number of ether oxygens (including phenoxy) is 5. The van der Waals surface area contributed by atoms with Crippen LogP contribution in [0.25, 0.3) is 11.1 Å². The minimum absolute atomic E-state index is 0.0988. The summed E-state index contributed by atoms with van der Waals surface area (Å²) in [6, 6.07) is 9.15. The van der Waals surface area contributed by atoms with Crippen LogP contribution in [0.15, 0.2) is 30.3 Å². The van der Waals surface area contributed by atoms with Crippen molar-refractivity contribution in [2.24, 2.45) is 5.92 Å². The summed E-state index contributed by atoms with van der Waals surface area (Å²) in [5, 5.41) is 0. The van der Waals surface area contributed by atoms with Gasteiger partial charge in [0.2, 0.25) is 5.75 Å².